The number of imidazole rings is 1. The molecule has 0 aliphatic rings. The number of esters is 4. The second kappa shape index (κ2) is 20.3. The number of fused-ring (bicyclic) bond motifs is 1. The third kappa shape index (κ3) is 12.8. The van der Waals surface area contributed by atoms with Crippen LogP contribution in [0.15, 0.2) is 11.1 Å². The van der Waals surface area contributed by atoms with E-state index in [1.54, 1.807) is 5.43 Å². The van der Waals surface area contributed by atoms with Crippen molar-refractivity contribution in [1.82, 2.24) is 45.9 Å². The molecule has 0 radical (unpaired) electrons. The smallest absolute Gasteiger partial charge is 0.352 e. The lowest BCUT2D eigenvalue weighted by Crippen LogP contribution is -2.49. The summed E-state index contributed by atoms with van der Waals surface area (Å²) in [5.41, 5.74) is 2.07. The van der Waals surface area contributed by atoms with Gasteiger partial charge >= 0.3 is 41.5 Å². The quantitative estimate of drug-likeness (QED) is 0.0439. The number of carboxylic acids is 2. The van der Waals surface area contributed by atoms with Gasteiger partial charge in [-0.05, 0) is 6.92 Å². The number of hydrogen-bond donors (Lipinski definition) is 6. The maximum Gasteiger partial charge on any atom is 0.352 e. The molecule has 5 atom stereocenters. The second-order valence-electron chi connectivity index (χ2n) is 10.7. The summed E-state index contributed by atoms with van der Waals surface area (Å²) in [6.07, 6.45) is -13.2. The highest BCUT2D eigenvalue weighted by Gasteiger charge is 2.35. The van der Waals surface area contributed by atoms with Gasteiger partial charge in [0.25, 0.3) is 23.6 Å². The fourth-order valence-electron chi connectivity index (χ4n) is 4.01. The highest BCUT2D eigenvalue weighted by atomic mass is 16.6. The summed E-state index contributed by atoms with van der Waals surface area (Å²) in [6, 6.07) is 0. The van der Waals surface area contributed by atoms with Gasteiger partial charge < -0.3 is 44.5 Å². The number of rotatable bonds is 19. The van der Waals surface area contributed by atoms with Crippen LogP contribution in [0.1, 0.15) is 43.1 Å². The van der Waals surface area contributed by atoms with E-state index in [0.29, 0.717) is 0 Å². The van der Waals surface area contributed by atoms with Crippen molar-refractivity contribution < 1.29 is 81.8 Å². The predicted molar refractivity (Wildman–Crippen MR) is 169 cm³/mol. The molecule has 0 bridgehead atoms. The predicted octanol–water partition coefficient (Wildman–Crippen LogP) is -5.51. The molecule has 0 spiro atoms. The molecule has 0 saturated carbocycles. The van der Waals surface area contributed by atoms with Gasteiger partial charge in [-0.2, -0.15) is 4.68 Å². The Balaban J connectivity index is 2.19. The van der Waals surface area contributed by atoms with E-state index in [1.165, 1.54) is 21.0 Å². The number of aliphatic carboxylic acids is 2. The Hall–Kier alpha value is -7.06. The van der Waals surface area contributed by atoms with Crippen molar-refractivity contribution in [2.24, 2.45) is 7.05 Å². The number of ether oxygens (including phenoxy) is 5. The van der Waals surface area contributed by atoms with Gasteiger partial charge in [0.15, 0.2) is 35.8 Å². The fourth-order valence-corrected chi connectivity index (χ4v) is 4.01. The number of aromatic nitrogens is 5. The van der Waals surface area contributed by atoms with Crippen molar-refractivity contribution in [2.45, 2.75) is 63.1 Å². The van der Waals surface area contributed by atoms with Crippen LogP contribution in [-0.2, 0) is 73.9 Å². The summed E-state index contributed by atoms with van der Waals surface area (Å²) in [7, 11) is 4.59. The van der Waals surface area contributed by atoms with Crippen molar-refractivity contribution in [3.8, 4) is 0 Å². The molecule has 2 rings (SSSR count). The zero-order chi connectivity index (χ0) is 41.6. The lowest BCUT2D eigenvalue weighted by molar-refractivity contribution is -0.175. The number of carboxylic acid groups (broad SMARTS) is 2. The number of carbonyl (C=O) groups excluding carboxylic acids is 8. The molecule has 4 amide bonds. The third-order valence-electron chi connectivity index (χ3n) is 6.83. The molecule has 0 aliphatic carbocycles. The van der Waals surface area contributed by atoms with Crippen molar-refractivity contribution >= 4 is 65.1 Å². The molecule has 27 nitrogen and oxygen atoms in total. The molecule has 27 heteroatoms. The first-order chi connectivity index (χ1) is 25.8. The Morgan fingerprint density at radius 1 is 0.709 bits per heavy atom. The summed E-state index contributed by atoms with van der Waals surface area (Å²) in [5.74, 6) is -13.6. The number of nitrogens with one attached hydrogen (secondary N) is 4. The average Bonchev–Trinajstić information content (AvgIpc) is 3.57. The van der Waals surface area contributed by atoms with Crippen LogP contribution in [0.5, 0.6) is 0 Å². The lowest BCUT2D eigenvalue weighted by Gasteiger charge is -2.20. The van der Waals surface area contributed by atoms with Crippen LogP contribution >= 0.6 is 0 Å². The summed E-state index contributed by atoms with van der Waals surface area (Å²) >= 11 is 0. The number of methoxy groups -OCH3 is 1. The third-order valence-corrected chi connectivity index (χ3v) is 6.83. The molecule has 6 N–H and O–H groups in total. The highest BCUT2D eigenvalue weighted by molar-refractivity contribution is 5.99. The molecule has 0 fully saturated rings. The number of hydrogen-bond acceptors (Lipinski definition) is 19. The summed E-state index contributed by atoms with van der Waals surface area (Å²) < 4.78 is 25.7. The SMILES string of the molecule is CNC(=O)C(C)OC(=O)CC(OC(=O)CC(OC(=O)CC(OC(=O)CC(OC)C(=O)O)C(=O)NNC(=O)c1ncn2c(=O)n(C)nnc12)C(=O)O)C(=O)NC. The van der Waals surface area contributed by atoms with E-state index >= 15 is 0 Å². The molecule has 0 saturated heterocycles. The zero-order valence-corrected chi connectivity index (χ0v) is 29.5. The number of aryl methyl sites for hydroxylation is 1. The zero-order valence-electron chi connectivity index (χ0n) is 29.5. The number of carbonyl (C=O) groups is 10. The Labute approximate surface area is 306 Å². The fraction of sp³-hybridized carbons (Fsp3) is 0.500. The Morgan fingerprint density at radius 2 is 1.18 bits per heavy atom. The molecule has 0 aliphatic heterocycles. The van der Waals surface area contributed by atoms with Crippen LogP contribution in [0.3, 0.4) is 0 Å². The van der Waals surface area contributed by atoms with Gasteiger partial charge in [-0.3, -0.25) is 49.2 Å². The summed E-state index contributed by atoms with van der Waals surface area (Å²) in [5, 5.41) is 30.2. The molecular weight excluding hydrogens is 750 g/mol. The monoisotopic (exact) mass is 785 g/mol. The van der Waals surface area contributed by atoms with Gasteiger partial charge in [0.2, 0.25) is 6.10 Å². The second-order valence-corrected chi connectivity index (χ2v) is 10.7. The topological polar surface area (TPSA) is 371 Å². The number of amides is 4. The van der Waals surface area contributed by atoms with E-state index in [9.17, 15) is 57.8 Å². The van der Waals surface area contributed by atoms with Crippen LogP contribution < -0.4 is 27.2 Å². The first kappa shape index (κ1) is 44.1. The van der Waals surface area contributed by atoms with E-state index in [-0.39, 0.29) is 5.65 Å². The minimum atomic E-state index is -2.36. The molecule has 55 heavy (non-hydrogen) atoms. The van der Waals surface area contributed by atoms with Gasteiger partial charge in [-0.25, -0.2) is 23.8 Å². The van der Waals surface area contributed by atoms with Gasteiger partial charge in [0.1, 0.15) is 6.33 Å². The molecule has 5 unspecified atom stereocenters. The Bertz CT molecular complexity index is 1890. The number of nitrogens with zero attached hydrogens (tertiary/aromatic N) is 5. The number of likely N-dealkylation sites (N-methyl/N-ethyl adjacent to an activating group) is 2. The molecule has 300 valence electrons. The maximum atomic E-state index is 13.0. The van der Waals surface area contributed by atoms with Crippen molar-refractivity contribution in [1.29, 1.82) is 0 Å². The molecule has 2 aromatic heterocycles. The van der Waals surface area contributed by atoms with Gasteiger partial charge in [0.05, 0.1) is 25.7 Å². The van der Waals surface area contributed by atoms with Gasteiger partial charge in [-0.1, -0.05) is 5.21 Å². The van der Waals surface area contributed by atoms with Gasteiger partial charge in [0, 0.05) is 28.3 Å². The normalized spacial score (nSPS) is 13.4. The van der Waals surface area contributed by atoms with Crippen LogP contribution in [0, 0.1) is 0 Å². The first-order valence-electron chi connectivity index (χ1n) is 15.4. The van der Waals surface area contributed by atoms with E-state index in [2.05, 4.69) is 30.7 Å². The summed E-state index contributed by atoms with van der Waals surface area (Å²) in [6.45, 7) is 1.21. The lowest BCUT2D eigenvalue weighted by atomic mass is 10.2. The van der Waals surface area contributed by atoms with Gasteiger partial charge in [-0.15, -0.1) is 5.10 Å². The Kier molecular flexibility index (Phi) is 16.2. The van der Waals surface area contributed by atoms with E-state index in [0.717, 1.165) is 29.6 Å². The molecular formula is C28H35N9O18. The standard InChI is InChI=1S/C28H35N9O18/c1-11(22(42)29-2)52-16(38)6-12(23(43)30-3)53-19(41)9-15(27(48)49)55-17(39)7-13(54-18(40)8-14(51-5)26(46)47)24(44)33-34-25(45)20-21-32-35-36(4)28(50)37(21)10-31-20/h10-15H,6-9H2,1-5H3,(H,29,42)(H,30,43)(H,33,44)(H,34,45)(H,46,47)(H,48,49). The molecule has 2 heterocycles. The van der Waals surface area contributed by atoms with Crippen LogP contribution in [-0.4, -0.2) is 146 Å². The molecule has 0 aromatic carbocycles. The van der Waals surface area contributed by atoms with Crippen molar-refractivity contribution in [3.05, 3.63) is 22.5 Å². The van der Waals surface area contributed by atoms with Crippen LogP contribution in [0.4, 0.5) is 0 Å². The summed E-state index contributed by atoms with van der Waals surface area (Å²) in [4.78, 5) is 139. The first-order valence-corrected chi connectivity index (χ1v) is 15.4. The van der Waals surface area contributed by atoms with E-state index in [1.807, 2.05) is 5.43 Å². The largest absolute Gasteiger partial charge is 0.479 e. The van der Waals surface area contributed by atoms with Crippen molar-refractivity contribution in [3.63, 3.8) is 0 Å². The number of hydrazine groups is 1. The van der Waals surface area contributed by atoms with E-state index < -0.39 is 127 Å². The minimum Gasteiger partial charge on any atom is -0.479 e. The van der Waals surface area contributed by atoms with Crippen molar-refractivity contribution in [2.75, 3.05) is 21.2 Å². The Morgan fingerprint density at radius 3 is 1.69 bits per heavy atom. The van der Waals surface area contributed by atoms with Crippen LogP contribution in [0.25, 0.3) is 5.65 Å². The highest BCUT2D eigenvalue weighted by Crippen LogP contribution is 2.12. The minimum absolute atomic E-state index is 0.337. The maximum absolute atomic E-state index is 13.0. The van der Waals surface area contributed by atoms with E-state index in [4.69, 9.17) is 24.1 Å². The average molecular weight is 786 g/mol. The van der Waals surface area contributed by atoms with Crippen LogP contribution in [0.2, 0.25) is 0 Å². The molecule has 2 aromatic rings.